The van der Waals surface area contributed by atoms with Crippen molar-refractivity contribution in [2.24, 2.45) is 26.1 Å². The van der Waals surface area contributed by atoms with Crippen LogP contribution in [0.15, 0.2) is 15.0 Å². The number of Topliss-reactive ketones (excluding diaryl/α,β-unsaturated/α-hetero) is 1. The Labute approximate surface area is 112 Å². The quantitative estimate of drug-likeness (QED) is 0.662. The summed E-state index contributed by atoms with van der Waals surface area (Å²) in [4.78, 5) is 35.8. The fourth-order valence-corrected chi connectivity index (χ4v) is 1.99. The lowest BCUT2D eigenvalue weighted by molar-refractivity contribution is -0.135. The molecular weight excluding hydrogens is 302 g/mol. The monoisotopic (exact) mass is 313 g/mol. The summed E-state index contributed by atoms with van der Waals surface area (Å²) in [7, 11) is 0. The average molecular weight is 314 g/mol. The fourth-order valence-electron chi connectivity index (χ4n) is 1.64. The highest BCUT2D eigenvalue weighted by molar-refractivity contribution is 9.18. The van der Waals surface area contributed by atoms with E-state index in [1.165, 1.54) is 0 Å². The first-order valence-electron chi connectivity index (χ1n) is 5.23. The average Bonchev–Trinajstić information content (AvgIpc) is 2.56. The molecule has 0 aromatic carbocycles. The van der Waals surface area contributed by atoms with Gasteiger partial charge in [-0.3, -0.25) is 15.3 Å². The number of aliphatic imine (C=N–C) groups is 3. The van der Waals surface area contributed by atoms with E-state index in [1.807, 2.05) is 0 Å². The van der Waals surface area contributed by atoms with Gasteiger partial charge >= 0.3 is 0 Å². The van der Waals surface area contributed by atoms with Gasteiger partial charge in [-0.25, -0.2) is 15.0 Å². The number of amidine groups is 2. The summed E-state index contributed by atoms with van der Waals surface area (Å²) >= 11 is 3.05. The Morgan fingerprint density at radius 1 is 1.39 bits per heavy atom. The molecule has 7 nitrogen and oxygen atoms in total. The van der Waals surface area contributed by atoms with Crippen LogP contribution in [-0.4, -0.2) is 33.8 Å². The van der Waals surface area contributed by atoms with Gasteiger partial charge in [-0.1, -0.05) is 20.8 Å². The van der Waals surface area contributed by atoms with E-state index in [-0.39, 0.29) is 16.3 Å². The predicted octanol–water partition coefficient (Wildman–Crippen LogP) is -0.0521. The Morgan fingerprint density at radius 3 is 2.56 bits per heavy atom. The van der Waals surface area contributed by atoms with Crippen molar-refractivity contribution in [3.8, 4) is 0 Å². The summed E-state index contributed by atoms with van der Waals surface area (Å²) in [5.74, 6) is -2.66. The molecule has 1 amide bonds. The maximum atomic E-state index is 12.2. The lowest BCUT2D eigenvalue weighted by atomic mass is 9.86. The zero-order valence-electron chi connectivity index (χ0n) is 10.1. The van der Waals surface area contributed by atoms with Gasteiger partial charge < -0.3 is 5.32 Å². The van der Waals surface area contributed by atoms with E-state index in [0.29, 0.717) is 0 Å². The molecule has 0 fully saturated rings. The number of ketones is 1. The molecule has 0 aromatic rings. The molecule has 2 aliphatic rings. The van der Waals surface area contributed by atoms with E-state index in [4.69, 9.17) is 5.73 Å². The molecule has 0 aliphatic carbocycles. The number of hydrogen-bond acceptors (Lipinski definition) is 6. The Bertz CT molecular complexity index is 543. The van der Waals surface area contributed by atoms with Crippen molar-refractivity contribution < 1.29 is 9.59 Å². The van der Waals surface area contributed by atoms with Crippen LogP contribution in [0.25, 0.3) is 0 Å². The van der Waals surface area contributed by atoms with Gasteiger partial charge in [0.1, 0.15) is 0 Å². The van der Waals surface area contributed by atoms with E-state index in [0.717, 1.165) is 0 Å². The lowest BCUT2D eigenvalue weighted by Gasteiger charge is -2.33. The van der Waals surface area contributed by atoms with E-state index in [9.17, 15) is 9.59 Å². The van der Waals surface area contributed by atoms with Crippen LogP contribution < -0.4 is 11.1 Å². The first-order valence-corrected chi connectivity index (χ1v) is 6.02. The van der Waals surface area contributed by atoms with Gasteiger partial charge in [0.2, 0.25) is 11.6 Å². The molecular formula is C10H12BrN5O2. The molecule has 1 unspecified atom stereocenters. The maximum absolute atomic E-state index is 12.2. The number of nitrogens with zero attached hydrogens (tertiary/aromatic N) is 3. The summed E-state index contributed by atoms with van der Waals surface area (Å²) in [5, 5.41) is 2.37. The summed E-state index contributed by atoms with van der Waals surface area (Å²) < 4.78 is 0.235. The van der Waals surface area contributed by atoms with E-state index < -0.39 is 22.9 Å². The van der Waals surface area contributed by atoms with Crippen LogP contribution >= 0.6 is 15.9 Å². The van der Waals surface area contributed by atoms with Crippen molar-refractivity contribution in [1.82, 2.24) is 5.32 Å². The first kappa shape index (κ1) is 13.0. The third-order valence-electron chi connectivity index (χ3n) is 2.44. The number of nitrogens with two attached hydrogens (primary N) is 1. The second-order valence-electron chi connectivity index (χ2n) is 5.08. The minimum atomic E-state index is -1.79. The van der Waals surface area contributed by atoms with Crippen LogP contribution in [0.5, 0.6) is 0 Å². The smallest absolute Gasteiger partial charge is 0.277 e. The van der Waals surface area contributed by atoms with Crippen molar-refractivity contribution >= 4 is 43.9 Å². The van der Waals surface area contributed by atoms with Crippen LogP contribution in [0.2, 0.25) is 0 Å². The molecule has 0 radical (unpaired) electrons. The number of amides is 1. The minimum absolute atomic E-state index is 0.0599. The number of halogens is 1. The lowest BCUT2D eigenvalue weighted by Crippen LogP contribution is -2.67. The largest absolute Gasteiger partial charge is 0.308 e. The fraction of sp³-hybridized carbons (Fsp3) is 0.500. The zero-order valence-corrected chi connectivity index (χ0v) is 11.7. The Balaban J connectivity index is 2.47. The van der Waals surface area contributed by atoms with Gasteiger partial charge in [-0.05, 0) is 15.9 Å². The van der Waals surface area contributed by atoms with Crippen molar-refractivity contribution in [2.75, 3.05) is 0 Å². The second-order valence-corrected chi connectivity index (χ2v) is 5.79. The number of rotatable bonds is 1. The topological polar surface area (TPSA) is 109 Å². The van der Waals surface area contributed by atoms with Gasteiger partial charge in [-0.2, -0.15) is 0 Å². The highest BCUT2D eigenvalue weighted by atomic mass is 79.9. The number of carbonyl (C=O) groups excluding carboxylic acids is 2. The maximum Gasteiger partial charge on any atom is 0.277 e. The van der Waals surface area contributed by atoms with Crippen LogP contribution in [0.3, 0.4) is 0 Å². The van der Waals surface area contributed by atoms with Crippen molar-refractivity contribution in [3.63, 3.8) is 0 Å². The van der Waals surface area contributed by atoms with Crippen LogP contribution in [0, 0.1) is 5.41 Å². The minimum Gasteiger partial charge on any atom is -0.308 e. The van der Waals surface area contributed by atoms with Gasteiger partial charge in [0.15, 0.2) is 16.3 Å². The number of nitrogens with one attached hydrogen (secondary N) is 1. The zero-order chi connectivity index (χ0) is 13.7. The molecule has 8 heteroatoms. The molecule has 0 saturated carbocycles. The Hall–Kier alpha value is -1.41. The summed E-state index contributed by atoms with van der Waals surface area (Å²) in [6.45, 7) is 5.11. The molecule has 0 aromatic heterocycles. The van der Waals surface area contributed by atoms with Crippen molar-refractivity contribution in [1.29, 1.82) is 0 Å². The summed E-state index contributed by atoms with van der Waals surface area (Å²) in [5.41, 5.74) is 5.20. The molecule has 0 saturated heterocycles. The number of hydrogen-bond donors (Lipinski definition) is 2. The van der Waals surface area contributed by atoms with Crippen molar-refractivity contribution in [2.45, 2.75) is 26.6 Å². The predicted molar refractivity (Wildman–Crippen MR) is 70.8 cm³/mol. The third-order valence-corrected chi connectivity index (χ3v) is 2.80. The normalized spacial score (nSPS) is 26.9. The SMILES string of the molecule is CC(C)(C)C(=O)C1(N)N=C2N=C(Br)N=C2C(=O)N1. The molecule has 96 valence electrons. The van der Waals surface area contributed by atoms with Gasteiger partial charge in [0.25, 0.3) is 5.91 Å². The van der Waals surface area contributed by atoms with E-state index in [2.05, 4.69) is 36.2 Å². The molecule has 2 rings (SSSR count). The Kier molecular flexibility index (Phi) is 2.74. The second kappa shape index (κ2) is 3.79. The van der Waals surface area contributed by atoms with E-state index in [1.54, 1.807) is 20.8 Å². The highest BCUT2D eigenvalue weighted by Gasteiger charge is 2.47. The molecule has 2 heterocycles. The van der Waals surface area contributed by atoms with Gasteiger partial charge in [0.05, 0.1) is 0 Å². The highest BCUT2D eigenvalue weighted by Crippen LogP contribution is 2.24. The first-order chi connectivity index (χ1) is 8.13. The molecule has 0 spiro atoms. The van der Waals surface area contributed by atoms with Crippen LogP contribution in [0.1, 0.15) is 20.8 Å². The number of carbonyl (C=O) groups is 2. The standard InChI is InChI=1S/C10H12BrN5O2/c1-9(2,3)7(18)10(12)15-5-4(6(17)16-10)13-8(11)14-5/h12H2,1-3H3,(H,16,17). The molecule has 0 bridgehead atoms. The van der Waals surface area contributed by atoms with E-state index >= 15 is 0 Å². The van der Waals surface area contributed by atoms with Gasteiger partial charge in [-0.15, -0.1) is 0 Å². The summed E-state index contributed by atoms with van der Waals surface area (Å²) in [6, 6.07) is 0. The third kappa shape index (κ3) is 2.01. The molecule has 2 aliphatic heterocycles. The summed E-state index contributed by atoms with van der Waals surface area (Å²) in [6.07, 6.45) is 0. The molecule has 1 atom stereocenters. The molecule has 3 N–H and O–H groups in total. The molecule has 18 heavy (non-hydrogen) atoms. The number of fused-ring (bicyclic) bond motifs is 1. The van der Waals surface area contributed by atoms with Crippen molar-refractivity contribution in [3.05, 3.63) is 0 Å². The van der Waals surface area contributed by atoms with Crippen LogP contribution in [-0.2, 0) is 9.59 Å². The van der Waals surface area contributed by atoms with Gasteiger partial charge in [0, 0.05) is 5.41 Å². The van der Waals surface area contributed by atoms with Crippen LogP contribution in [0.4, 0.5) is 0 Å². The Morgan fingerprint density at radius 2 is 2.00 bits per heavy atom.